The van der Waals surface area contributed by atoms with Crippen molar-refractivity contribution in [1.82, 2.24) is 0 Å². The Morgan fingerprint density at radius 2 is 2.00 bits per heavy atom. The van der Waals surface area contributed by atoms with Gasteiger partial charge in [-0.1, -0.05) is 0 Å². The fraction of sp³-hybridized carbons (Fsp3) is 0.750. The third-order valence-corrected chi connectivity index (χ3v) is 1.40. The molecule has 0 aromatic carbocycles. The van der Waals surface area contributed by atoms with Crippen molar-refractivity contribution in [2.24, 2.45) is 0 Å². The van der Waals surface area contributed by atoms with Gasteiger partial charge in [0.2, 0.25) is 0 Å². The first-order valence-corrected chi connectivity index (χ1v) is 4.58. The quantitative estimate of drug-likeness (QED) is 0.434. The van der Waals surface area contributed by atoms with Crippen LogP contribution in [0.4, 0.5) is 0 Å². The minimum atomic E-state index is -2.14. The van der Waals surface area contributed by atoms with Gasteiger partial charge < -0.3 is 9.90 Å². The third kappa shape index (κ3) is 5.62. The Bertz CT molecular complexity index is 134. The van der Waals surface area contributed by atoms with Gasteiger partial charge in [-0.2, -0.15) is 0 Å². The topological polar surface area (TPSA) is 57.2 Å². The Hall–Kier alpha value is -0.380. The molecule has 0 N–H and O–H groups in total. The molecule has 0 aromatic heterocycles. The molecule has 0 rings (SSSR count). The molecule has 0 aliphatic heterocycles. The average Bonchev–Trinajstić information content (AvgIpc) is 1.21. The maximum atomic E-state index is 10.6. The summed E-state index contributed by atoms with van der Waals surface area (Å²) in [5, 5.41) is 9.72. The molecule has 0 unspecified atom stereocenters. The molecule has 0 saturated heterocycles. The largest absolute Gasteiger partial charge is 0.545 e. The predicted octanol–water partition coefficient (Wildman–Crippen LogP) is -1.50. The van der Waals surface area contributed by atoms with Gasteiger partial charge in [-0.15, -0.1) is 4.21 Å². The molecule has 3 nitrogen and oxygen atoms in total. The van der Waals surface area contributed by atoms with Crippen molar-refractivity contribution in [3.8, 4) is 0 Å². The molecule has 0 heterocycles. The van der Waals surface area contributed by atoms with Crippen molar-refractivity contribution in [3.63, 3.8) is 0 Å². The molecule has 0 saturated carbocycles. The second kappa shape index (κ2) is 2.26. The highest BCUT2D eigenvalue weighted by atomic mass is 32.2. The summed E-state index contributed by atoms with van der Waals surface area (Å²) in [5.41, 5.74) is 0. The fourth-order valence-corrected chi connectivity index (χ4v) is 0.851. The maximum Gasteiger partial charge on any atom is 0.151 e. The monoisotopic (exact) mass is 136 g/mol. The Morgan fingerprint density at radius 1 is 1.62 bits per heavy atom. The number of hydrogen-bond acceptors (Lipinski definition) is 3. The number of carboxylic acids is 1. The number of rotatable bonds is 2. The smallest absolute Gasteiger partial charge is 0.151 e. The number of hydrogen-bond donors (Lipinski definition) is 0. The molecule has 0 atom stereocenters. The Labute approximate surface area is 49.1 Å². The van der Waals surface area contributed by atoms with Crippen LogP contribution in [0.25, 0.3) is 0 Å². The summed E-state index contributed by atoms with van der Waals surface area (Å²) in [6.07, 6.45) is 2.78. The lowest BCUT2D eigenvalue weighted by Crippen LogP contribution is -2.32. The van der Waals surface area contributed by atoms with E-state index in [9.17, 15) is 14.1 Å². The van der Waals surface area contributed by atoms with Crippen LogP contribution in [-0.2, 0) is 18.9 Å². The highest BCUT2D eigenvalue weighted by Gasteiger charge is 2.11. The Kier molecular flexibility index (Phi) is 2.15. The van der Waals surface area contributed by atoms with Crippen LogP contribution in [0.15, 0.2) is 0 Å². The van der Waals surface area contributed by atoms with Crippen LogP contribution in [0, 0.1) is 0 Å². The first kappa shape index (κ1) is 7.62. The molecule has 0 fully saturated rings. The Balaban J connectivity index is 3.74. The van der Waals surface area contributed by atoms with Crippen LogP contribution in [0.5, 0.6) is 0 Å². The summed E-state index contributed by atoms with van der Waals surface area (Å²) in [5.74, 6) is -1.59. The van der Waals surface area contributed by atoms with Crippen molar-refractivity contribution in [1.29, 1.82) is 0 Å². The summed E-state index contributed by atoms with van der Waals surface area (Å²) < 4.78 is 10.6. The minimum Gasteiger partial charge on any atom is -0.545 e. The second-order valence-corrected chi connectivity index (χ2v) is 5.12. The second-order valence-electron chi connectivity index (χ2n) is 1.95. The van der Waals surface area contributed by atoms with E-state index in [0.29, 0.717) is 0 Å². The van der Waals surface area contributed by atoms with Gasteiger partial charge in [-0.25, -0.2) is 0 Å². The van der Waals surface area contributed by atoms with E-state index < -0.39 is 15.9 Å². The maximum absolute atomic E-state index is 10.6. The zero-order chi connectivity index (χ0) is 6.78. The van der Waals surface area contributed by atoms with Gasteiger partial charge in [0.25, 0.3) is 0 Å². The molecule has 4 heteroatoms. The molecule has 0 bridgehead atoms. The number of carbonyl (C=O) groups excluding carboxylic acids is 1. The van der Waals surface area contributed by atoms with Gasteiger partial charge in [0.05, 0.1) is 15.9 Å². The molecular formula is C4H8O3S. The molecular weight excluding hydrogens is 128 g/mol. The van der Waals surface area contributed by atoms with Crippen LogP contribution in [-0.4, -0.2) is 24.2 Å². The zero-order valence-corrected chi connectivity index (χ0v) is 5.66. The van der Waals surface area contributed by atoms with E-state index in [1.54, 1.807) is 0 Å². The molecule has 0 aromatic rings. The van der Waals surface area contributed by atoms with Crippen molar-refractivity contribution in [3.05, 3.63) is 0 Å². The molecule has 0 amide bonds. The lowest BCUT2D eigenvalue weighted by atomic mass is 10.8. The fourth-order valence-electron chi connectivity index (χ4n) is 0.284. The van der Waals surface area contributed by atoms with Gasteiger partial charge >= 0.3 is 0 Å². The van der Waals surface area contributed by atoms with E-state index in [1.165, 1.54) is 12.5 Å². The molecule has 8 heavy (non-hydrogen) atoms. The summed E-state index contributed by atoms with van der Waals surface area (Å²) in [7, 11) is -2.14. The molecule has 48 valence electrons. The molecule has 0 radical (unpaired) electrons. The lowest BCUT2D eigenvalue weighted by molar-refractivity contribution is -0.301. The van der Waals surface area contributed by atoms with Crippen LogP contribution in [0.1, 0.15) is 0 Å². The van der Waals surface area contributed by atoms with Gasteiger partial charge in [0.1, 0.15) is 12.5 Å². The Morgan fingerprint density at radius 3 is 2.00 bits per heavy atom. The van der Waals surface area contributed by atoms with E-state index >= 15 is 0 Å². The zero-order valence-electron chi connectivity index (χ0n) is 4.84. The number of carboxylic acid groups (broad SMARTS) is 1. The lowest BCUT2D eigenvalue weighted by Gasteiger charge is -1.99. The SMILES string of the molecule is C[S+](C)(=O)CC(=O)[O-]. The normalized spacial score (nSPS) is 11.2. The number of aliphatic carboxylic acids is 1. The van der Waals surface area contributed by atoms with E-state index in [1.807, 2.05) is 0 Å². The van der Waals surface area contributed by atoms with E-state index in [2.05, 4.69) is 0 Å². The highest BCUT2D eigenvalue weighted by Crippen LogP contribution is 1.89. The standard InChI is InChI=1S/C4H8O3S/c1-8(2,7)3-4(5)6/h3H2,1-2H3. The van der Waals surface area contributed by atoms with Gasteiger partial charge in [-0.05, 0) is 0 Å². The predicted molar refractivity (Wildman–Crippen MR) is 29.8 cm³/mol. The van der Waals surface area contributed by atoms with Crippen LogP contribution in [0.3, 0.4) is 0 Å². The third-order valence-electron chi connectivity index (χ3n) is 0.465. The van der Waals surface area contributed by atoms with E-state index in [4.69, 9.17) is 0 Å². The van der Waals surface area contributed by atoms with Crippen molar-refractivity contribution in [2.75, 3.05) is 18.3 Å². The van der Waals surface area contributed by atoms with E-state index in [-0.39, 0.29) is 5.75 Å². The minimum absolute atomic E-state index is 0.340. The first-order valence-electron chi connectivity index (χ1n) is 2.03. The summed E-state index contributed by atoms with van der Waals surface area (Å²) >= 11 is 0. The molecule has 0 aliphatic rings. The van der Waals surface area contributed by atoms with Crippen molar-refractivity contribution >= 4 is 15.9 Å². The van der Waals surface area contributed by atoms with Gasteiger partial charge in [0.15, 0.2) is 5.75 Å². The van der Waals surface area contributed by atoms with Crippen molar-refractivity contribution < 1.29 is 14.1 Å². The van der Waals surface area contributed by atoms with Crippen LogP contribution in [0.2, 0.25) is 0 Å². The van der Waals surface area contributed by atoms with Crippen LogP contribution >= 0.6 is 0 Å². The summed E-state index contributed by atoms with van der Waals surface area (Å²) in [6, 6.07) is 0. The number of carbonyl (C=O) groups is 1. The van der Waals surface area contributed by atoms with Crippen molar-refractivity contribution in [2.45, 2.75) is 0 Å². The van der Waals surface area contributed by atoms with Crippen LogP contribution < -0.4 is 5.11 Å². The summed E-state index contributed by atoms with van der Waals surface area (Å²) in [4.78, 5) is 9.72. The average molecular weight is 136 g/mol. The molecule has 0 aliphatic carbocycles. The first-order chi connectivity index (χ1) is 3.42. The molecule has 0 spiro atoms. The van der Waals surface area contributed by atoms with E-state index in [0.717, 1.165) is 0 Å². The van der Waals surface area contributed by atoms with Gasteiger partial charge in [-0.3, -0.25) is 0 Å². The summed E-state index contributed by atoms with van der Waals surface area (Å²) in [6.45, 7) is 0. The van der Waals surface area contributed by atoms with Gasteiger partial charge in [0, 0.05) is 0 Å². The highest BCUT2D eigenvalue weighted by molar-refractivity contribution is 8.02.